The highest BCUT2D eigenvalue weighted by molar-refractivity contribution is 6.77. The third-order valence-electron chi connectivity index (χ3n) is 5.00. The Labute approximate surface area is 153 Å². The number of carbonyl (C=O) groups is 1. The van der Waals surface area contributed by atoms with Crippen molar-refractivity contribution < 1.29 is 13.6 Å². The van der Waals surface area contributed by atoms with Gasteiger partial charge >= 0.3 is 0 Å². The first-order valence-electron chi connectivity index (χ1n) is 9.65. The van der Waals surface area contributed by atoms with Gasteiger partial charge in [0.05, 0.1) is 6.10 Å². The van der Waals surface area contributed by atoms with Gasteiger partial charge in [-0.3, -0.25) is 0 Å². The van der Waals surface area contributed by atoms with Crippen molar-refractivity contribution >= 4 is 22.9 Å². The van der Waals surface area contributed by atoms with Crippen molar-refractivity contribution in [3.05, 3.63) is 0 Å². The first kappa shape index (κ1) is 24.0. The lowest BCUT2D eigenvalue weighted by Gasteiger charge is -2.42. The summed E-state index contributed by atoms with van der Waals surface area (Å²) in [5.41, 5.74) is 1.83. The summed E-state index contributed by atoms with van der Waals surface area (Å²) in [6, 6.07) is 0. The van der Waals surface area contributed by atoms with Gasteiger partial charge in [0.2, 0.25) is 0 Å². The van der Waals surface area contributed by atoms with Crippen molar-refractivity contribution in [1.29, 1.82) is 0 Å². The van der Waals surface area contributed by atoms with Crippen LogP contribution in [0.15, 0.2) is 0 Å². The van der Waals surface area contributed by atoms with Crippen LogP contribution in [0.4, 0.5) is 0 Å². The van der Waals surface area contributed by atoms with Crippen molar-refractivity contribution in [2.24, 2.45) is 5.92 Å². The molecular weight excluding hydrogens is 332 g/mol. The molecule has 0 aliphatic rings. The van der Waals surface area contributed by atoms with Crippen LogP contribution >= 0.6 is 0 Å². The average molecular weight is 375 g/mol. The summed E-state index contributed by atoms with van der Waals surface area (Å²) >= 11 is 0. The average Bonchev–Trinajstić information content (AvgIpc) is 2.42. The summed E-state index contributed by atoms with van der Waals surface area (Å²) < 4.78 is 12.8. The highest BCUT2D eigenvalue weighted by Gasteiger charge is 2.44. The van der Waals surface area contributed by atoms with Crippen LogP contribution in [-0.4, -0.2) is 35.6 Å². The molecule has 2 atom stereocenters. The normalized spacial score (nSPS) is 16.0. The van der Waals surface area contributed by atoms with Crippen molar-refractivity contribution in [3.8, 4) is 0 Å². The van der Waals surface area contributed by atoms with Crippen LogP contribution < -0.4 is 0 Å². The maximum Gasteiger partial charge on any atom is 0.200 e. The fourth-order valence-electron chi connectivity index (χ4n) is 4.00. The van der Waals surface area contributed by atoms with E-state index < -0.39 is 16.6 Å². The molecule has 5 heteroatoms. The lowest BCUT2D eigenvalue weighted by atomic mass is 10.0. The fourth-order valence-corrected chi connectivity index (χ4v) is 10.7. The minimum absolute atomic E-state index is 0.0333. The van der Waals surface area contributed by atoms with Gasteiger partial charge in [0.15, 0.2) is 16.6 Å². The zero-order valence-corrected chi connectivity index (χ0v) is 19.8. The molecule has 0 amide bonds. The minimum atomic E-state index is -1.78. The monoisotopic (exact) mass is 374 g/mol. The second kappa shape index (κ2) is 10.2. The molecule has 0 aromatic rings. The van der Waals surface area contributed by atoms with Gasteiger partial charge in [0.25, 0.3) is 0 Å². The number of hydrogen-bond donors (Lipinski definition) is 0. The predicted molar refractivity (Wildman–Crippen MR) is 110 cm³/mol. The zero-order chi connectivity index (χ0) is 19.1. The van der Waals surface area contributed by atoms with Crippen LogP contribution in [0.3, 0.4) is 0 Å². The molecule has 0 spiro atoms. The summed E-state index contributed by atoms with van der Waals surface area (Å²) in [5, 5.41) is 0. The lowest BCUT2D eigenvalue weighted by molar-refractivity contribution is -0.113. The maximum absolute atomic E-state index is 11.2. The van der Waals surface area contributed by atoms with Gasteiger partial charge in [-0.25, -0.2) is 0 Å². The quantitative estimate of drug-likeness (QED) is 0.238. The largest absolute Gasteiger partial charge is 0.416 e. The molecule has 144 valence electrons. The van der Waals surface area contributed by atoms with Crippen molar-refractivity contribution in [1.82, 2.24) is 0 Å². The van der Waals surface area contributed by atoms with Gasteiger partial charge in [0.1, 0.15) is 6.29 Å². The van der Waals surface area contributed by atoms with Gasteiger partial charge in [-0.05, 0) is 49.1 Å². The Morgan fingerprint density at radius 2 is 1.33 bits per heavy atom. The van der Waals surface area contributed by atoms with E-state index in [0.29, 0.717) is 16.6 Å². The number of carbonyl (C=O) groups excluding carboxylic acids is 1. The molecule has 0 aliphatic carbocycles. The molecule has 0 aliphatic heterocycles. The molecule has 0 rings (SSSR count). The number of rotatable bonds is 12. The Hall–Kier alpha value is 0.0238. The van der Waals surface area contributed by atoms with Crippen molar-refractivity contribution in [3.63, 3.8) is 0 Å². The predicted octanol–water partition coefficient (Wildman–Crippen LogP) is 6.01. The summed E-state index contributed by atoms with van der Waals surface area (Å²) in [6.45, 7) is 23.2. The summed E-state index contributed by atoms with van der Waals surface area (Å²) in [6.07, 6.45) is 2.93. The molecule has 0 bridgehead atoms. The molecule has 0 unspecified atom stereocenters. The number of aldehydes is 1. The van der Waals surface area contributed by atoms with Crippen molar-refractivity contribution in [2.45, 2.75) is 104 Å². The summed E-state index contributed by atoms with van der Waals surface area (Å²) in [5.74, 6) is -0.0426. The highest BCUT2D eigenvalue weighted by Crippen LogP contribution is 2.42. The molecule has 0 aromatic heterocycles. The van der Waals surface area contributed by atoms with E-state index in [1.165, 1.54) is 0 Å². The molecule has 0 radical (unpaired) electrons. The topological polar surface area (TPSA) is 35.5 Å². The van der Waals surface area contributed by atoms with E-state index in [9.17, 15) is 4.79 Å². The van der Waals surface area contributed by atoms with Gasteiger partial charge < -0.3 is 13.6 Å². The van der Waals surface area contributed by atoms with Crippen LogP contribution in [0.1, 0.15) is 61.3 Å². The minimum Gasteiger partial charge on any atom is -0.416 e. The Morgan fingerprint density at radius 3 is 1.67 bits per heavy atom. The molecule has 0 aromatic carbocycles. The standard InChI is InChI=1S/C19H42O3Si2/c1-15(2)24(16(3)4,17(5)6)21-13-11-12-19(18(7)14-20)22-23(8,9)10/h14-19H,11-13H2,1-10H3/t18-,19-/m0/s1. The first-order chi connectivity index (χ1) is 10.9. The Morgan fingerprint density at radius 1 is 0.875 bits per heavy atom. The Kier molecular flexibility index (Phi) is 10.3. The van der Waals surface area contributed by atoms with Crippen LogP contribution in [0, 0.1) is 5.92 Å². The first-order valence-corrected chi connectivity index (χ1v) is 15.2. The SMILES string of the molecule is CC(C)[Si](OCCC[C@H](O[Si](C)(C)C)[C@@H](C)C=O)(C(C)C)C(C)C. The summed E-state index contributed by atoms with van der Waals surface area (Å²) in [7, 11) is -3.42. The molecule has 0 fully saturated rings. The zero-order valence-electron chi connectivity index (χ0n) is 17.8. The van der Waals surface area contributed by atoms with E-state index in [1.54, 1.807) is 0 Å². The van der Waals surface area contributed by atoms with Gasteiger partial charge in [0, 0.05) is 12.5 Å². The van der Waals surface area contributed by atoms with Crippen LogP contribution in [0.25, 0.3) is 0 Å². The van der Waals surface area contributed by atoms with E-state index in [1.807, 2.05) is 6.92 Å². The number of hydrogen-bond acceptors (Lipinski definition) is 3. The van der Waals surface area contributed by atoms with E-state index in [4.69, 9.17) is 8.85 Å². The summed E-state index contributed by atoms with van der Waals surface area (Å²) in [4.78, 5) is 11.2. The Balaban J connectivity index is 4.77. The van der Waals surface area contributed by atoms with Crippen molar-refractivity contribution in [2.75, 3.05) is 6.61 Å². The molecule has 0 saturated carbocycles. The van der Waals surface area contributed by atoms with Crippen LogP contribution in [0.2, 0.25) is 36.3 Å². The third-order valence-corrected chi connectivity index (χ3v) is 12.1. The molecule has 0 heterocycles. The van der Waals surface area contributed by atoms with Gasteiger partial charge in [-0.15, -0.1) is 0 Å². The lowest BCUT2D eigenvalue weighted by Crippen LogP contribution is -2.48. The molecular formula is C19H42O3Si2. The van der Waals surface area contributed by atoms with Gasteiger partial charge in [-0.2, -0.15) is 0 Å². The van der Waals surface area contributed by atoms with E-state index in [-0.39, 0.29) is 12.0 Å². The molecule has 0 N–H and O–H groups in total. The molecule has 0 saturated heterocycles. The Bertz CT molecular complexity index is 340. The van der Waals surface area contributed by atoms with Crippen LogP contribution in [0.5, 0.6) is 0 Å². The second-order valence-electron chi connectivity index (χ2n) is 9.07. The fraction of sp³-hybridized carbons (Fsp3) is 0.947. The second-order valence-corrected chi connectivity index (χ2v) is 19.0. The third kappa shape index (κ3) is 7.10. The van der Waals surface area contributed by atoms with Crippen LogP contribution in [-0.2, 0) is 13.6 Å². The van der Waals surface area contributed by atoms with E-state index in [0.717, 1.165) is 25.7 Å². The van der Waals surface area contributed by atoms with E-state index >= 15 is 0 Å². The molecule has 24 heavy (non-hydrogen) atoms. The molecule has 3 nitrogen and oxygen atoms in total. The maximum atomic E-state index is 11.2. The van der Waals surface area contributed by atoms with Gasteiger partial charge in [-0.1, -0.05) is 48.5 Å². The van der Waals surface area contributed by atoms with E-state index in [2.05, 4.69) is 61.2 Å². The smallest absolute Gasteiger partial charge is 0.200 e. The highest BCUT2D eigenvalue weighted by atomic mass is 28.4.